The minimum absolute atomic E-state index is 0.294. The average molecular weight is 490 g/mol. The fourth-order valence-electron chi connectivity index (χ4n) is 3.99. The van der Waals surface area contributed by atoms with Crippen molar-refractivity contribution < 1.29 is 14.3 Å². The second-order valence-corrected chi connectivity index (χ2v) is 9.02. The first-order valence-corrected chi connectivity index (χ1v) is 11.9. The van der Waals surface area contributed by atoms with E-state index in [-0.39, 0.29) is 5.91 Å². The van der Waals surface area contributed by atoms with Crippen molar-refractivity contribution in [2.45, 2.75) is 39.2 Å². The number of methoxy groups -OCH3 is 1. The van der Waals surface area contributed by atoms with Gasteiger partial charge in [0.25, 0.3) is 5.91 Å². The molecular weight excluding hydrogens is 458 g/mol. The zero-order valence-electron chi connectivity index (χ0n) is 20.9. The van der Waals surface area contributed by atoms with Crippen molar-refractivity contribution in [2.75, 3.05) is 30.8 Å². The summed E-state index contributed by atoms with van der Waals surface area (Å²) in [7, 11) is 1.35. The normalized spacial score (nSPS) is 12.9. The van der Waals surface area contributed by atoms with Gasteiger partial charge in [0.05, 0.1) is 12.8 Å². The van der Waals surface area contributed by atoms with Crippen LogP contribution < -0.4 is 21.3 Å². The van der Waals surface area contributed by atoms with E-state index < -0.39 is 11.4 Å². The van der Waals surface area contributed by atoms with Crippen LogP contribution in [0.25, 0.3) is 0 Å². The third-order valence-electron chi connectivity index (χ3n) is 6.08. The van der Waals surface area contributed by atoms with Crippen molar-refractivity contribution >= 4 is 35.0 Å². The van der Waals surface area contributed by atoms with Crippen molar-refractivity contribution in [3.05, 3.63) is 65.1 Å². The molecule has 3 aromatic rings. The van der Waals surface area contributed by atoms with Crippen LogP contribution in [0.4, 0.5) is 23.1 Å². The van der Waals surface area contributed by atoms with E-state index >= 15 is 0 Å². The lowest BCUT2D eigenvalue weighted by Gasteiger charge is -2.21. The topological polar surface area (TPSA) is 130 Å². The Labute approximate surface area is 210 Å². The minimum atomic E-state index is -0.950. The number of benzene rings is 1. The van der Waals surface area contributed by atoms with Gasteiger partial charge >= 0.3 is 5.97 Å². The monoisotopic (exact) mass is 489 g/mol. The number of nitrogens with zero attached hydrogens (tertiary/aromatic N) is 3. The largest absolute Gasteiger partial charge is 0.468 e. The van der Waals surface area contributed by atoms with Gasteiger partial charge in [0, 0.05) is 36.9 Å². The van der Waals surface area contributed by atoms with E-state index in [1.165, 1.54) is 24.4 Å². The molecule has 1 aromatic carbocycles. The SMILES string of the molecule is CCNC(=O)c1cnc(Nc2ccc3c(c2)CNCC3)nc1Nc1ccnc(C(C)(C)C(=O)OC)c1. The van der Waals surface area contributed by atoms with Crippen LogP contribution in [0.1, 0.15) is 48.0 Å². The molecule has 0 fully saturated rings. The van der Waals surface area contributed by atoms with Gasteiger partial charge in [-0.05, 0) is 69.1 Å². The van der Waals surface area contributed by atoms with Crippen molar-refractivity contribution in [3.8, 4) is 0 Å². The number of hydrogen-bond donors (Lipinski definition) is 4. The smallest absolute Gasteiger partial charge is 0.317 e. The maximum Gasteiger partial charge on any atom is 0.317 e. The van der Waals surface area contributed by atoms with Crippen LogP contribution in [-0.4, -0.2) is 47.0 Å². The van der Waals surface area contributed by atoms with Crippen LogP contribution in [0.5, 0.6) is 0 Å². The van der Waals surface area contributed by atoms with E-state index in [9.17, 15) is 9.59 Å². The lowest BCUT2D eigenvalue weighted by molar-refractivity contribution is -0.146. The zero-order valence-corrected chi connectivity index (χ0v) is 20.9. The number of ether oxygens (including phenoxy) is 1. The first kappa shape index (κ1) is 25.1. The minimum Gasteiger partial charge on any atom is -0.468 e. The van der Waals surface area contributed by atoms with E-state index in [1.54, 1.807) is 32.2 Å². The predicted octanol–water partition coefficient (Wildman–Crippen LogP) is 3.20. The molecule has 0 saturated carbocycles. The molecule has 2 aromatic heterocycles. The molecule has 0 saturated heterocycles. The molecule has 3 heterocycles. The number of pyridine rings is 1. The van der Waals surface area contributed by atoms with Gasteiger partial charge in [-0.1, -0.05) is 6.07 Å². The number of amides is 1. The molecule has 36 heavy (non-hydrogen) atoms. The molecule has 1 aliphatic heterocycles. The highest BCUT2D eigenvalue weighted by molar-refractivity contribution is 5.99. The molecule has 0 atom stereocenters. The van der Waals surface area contributed by atoms with Gasteiger partial charge in [0.15, 0.2) is 0 Å². The van der Waals surface area contributed by atoms with E-state index in [1.807, 2.05) is 13.0 Å². The maximum absolute atomic E-state index is 12.7. The summed E-state index contributed by atoms with van der Waals surface area (Å²) in [6.07, 6.45) is 4.08. The summed E-state index contributed by atoms with van der Waals surface area (Å²) in [4.78, 5) is 38.3. The molecular formula is C26H31N7O3. The Balaban J connectivity index is 1.65. The van der Waals surface area contributed by atoms with E-state index in [0.717, 1.165) is 25.2 Å². The van der Waals surface area contributed by atoms with E-state index in [4.69, 9.17) is 4.74 Å². The second-order valence-electron chi connectivity index (χ2n) is 9.02. The number of hydrogen-bond acceptors (Lipinski definition) is 9. The first-order valence-electron chi connectivity index (χ1n) is 11.9. The highest BCUT2D eigenvalue weighted by Gasteiger charge is 2.32. The lowest BCUT2D eigenvalue weighted by atomic mass is 9.89. The molecule has 10 heteroatoms. The van der Waals surface area contributed by atoms with Gasteiger partial charge < -0.3 is 26.0 Å². The molecule has 0 spiro atoms. The highest BCUT2D eigenvalue weighted by atomic mass is 16.5. The van der Waals surface area contributed by atoms with Crippen LogP contribution in [0.15, 0.2) is 42.7 Å². The molecule has 1 amide bonds. The Hall–Kier alpha value is -4.05. The Bertz CT molecular complexity index is 1280. The van der Waals surface area contributed by atoms with Crippen molar-refractivity contribution in [2.24, 2.45) is 0 Å². The summed E-state index contributed by atoms with van der Waals surface area (Å²) < 4.78 is 4.93. The van der Waals surface area contributed by atoms with Gasteiger partial charge in [0.2, 0.25) is 5.95 Å². The lowest BCUT2D eigenvalue weighted by Crippen LogP contribution is -2.31. The van der Waals surface area contributed by atoms with Crippen LogP contribution >= 0.6 is 0 Å². The fourth-order valence-corrected chi connectivity index (χ4v) is 3.99. The van der Waals surface area contributed by atoms with E-state index in [2.05, 4.69) is 48.4 Å². The number of aromatic nitrogens is 3. The molecule has 0 unspecified atom stereocenters. The summed E-state index contributed by atoms with van der Waals surface area (Å²) in [6.45, 7) is 7.59. The zero-order chi connectivity index (χ0) is 25.7. The van der Waals surface area contributed by atoms with Crippen LogP contribution in [0, 0.1) is 0 Å². The van der Waals surface area contributed by atoms with Crippen LogP contribution in [-0.2, 0) is 27.9 Å². The second kappa shape index (κ2) is 10.7. The molecule has 0 aliphatic carbocycles. The number of carbonyl (C=O) groups is 2. The van der Waals surface area contributed by atoms with E-state index in [0.29, 0.717) is 35.3 Å². The van der Waals surface area contributed by atoms with Gasteiger partial charge in [-0.15, -0.1) is 0 Å². The highest BCUT2D eigenvalue weighted by Crippen LogP contribution is 2.28. The molecule has 188 valence electrons. The van der Waals surface area contributed by atoms with Gasteiger partial charge in [-0.25, -0.2) is 4.98 Å². The number of esters is 1. The Morgan fingerprint density at radius 1 is 1.08 bits per heavy atom. The number of carbonyl (C=O) groups excluding carboxylic acids is 2. The molecule has 4 N–H and O–H groups in total. The Kier molecular flexibility index (Phi) is 7.44. The summed E-state index contributed by atoms with van der Waals surface area (Å²) in [6, 6.07) is 9.68. The summed E-state index contributed by atoms with van der Waals surface area (Å²) in [5.74, 6) is -0.0240. The number of nitrogens with one attached hydrogen (secondary N) is 4. The summed E-state index contributed by atoms with van der Waals surface area (Å²) in [5.41, 5.74) is 3.91. The predicted molar refractivity (Wildman–Crippen MR) is 138 cm³/mol. The molecule has 4 rings (SSSR count). The first-order chi connectivity index (χ1) is 17.3. The fraction of sp³-hybridized carbons (Fsp3) is 0.346. The van der Waals surface area contributed by atoms with Gasteiger partial charge in [0.1, 0.15) is 16.8 Å². The Morgan fingerprint density at radius 2 is 1.89 bits per heavy atom. The van der Waals surface area contributed by atoms with Crippen LogP contribution in [0.3, 0.4) is 0 Å². The van der Waals surface area contributed by atoms with Crippen molar-refractivity contribution in [3.63, 3.8) is 0 Å². The van der Waals surface area contributed by atoms with Gasteiger partial charge in [-0.2, -0.15) is 4.98 Å². The maximum atomic E-state index is 12.7. The third kappa shape index (κ3) is 5.44. The quantitative estimate of drug-likeness (QED) is 0.352. The number of fused-ring (bicyclic) bond motifs is 1. The Morgan fingerprint density at radius 3 is 2.67 bits per heavy atom. The number of anilines is 4. The molecule has 0 radical (unpaired) electrons. The third-order valence-corrected chi connectivity index (χ3v) is 6.08. The average Bonchev–Trinajstić information content (AvgIpc) is 2.88. The standard InChI is InChI=1S/C26H31N7O3/c1-5-28-23(34)20-15-30-25(32-18-7-6-16-8-10-27-14-17(16)12-18)33-22(20)31-19-9-11-29-21(13-19)26(2,3)24(35)36-4/h6-7,9,11-13,15,27H,5,8,10,14H2,1-4H3,(H,28,34)(H2,29,30,31,32,33). The molecule has 0 bridgehead atoms. The molecule has 1 aliphatic rings. The summed E-state index contributed by atoms with van der Waals surface area (Å²) in [5, 5.41) is 12.6. The van der Waals surface area contributed by atoms with Crippen LogP contribution in [0.2, 0.25) is 0 Å². The number of rotatable bonds is 8. The van der Waals surface area contributed by atoms with Crippen molar-refractivity contribution in [1.82, 2.24) is 25.6 Å². The summed E-state index contributed by atoms with van der Waals surface area (Å²) >= 11 is 0. The van der Waals surface area contributed by atoms with Gasteiger partial charge in [-0.3, -0.25) is 14.6 Å². The van der Waals surface area contributed by atoms with Crippen molar-refractivity contribution in [1.29, 1.82) is 0 Å². The molecule has 10 nitrogen and oxygen atoms in total.